The average Bonchev–Trinajstić information content (AvgIpc) is 2.52. The number of rotatable bonds is 7. The van der Waals surface area contributed by atoms with E-state index in [-0.39, 0.29) is 0 Å². The first kappa shape index (κ1) is 15.1. The van der Waals surface area contributed by atoms with Crippen molar-refractivity contribution in [3.63, 3.8) is 0 Å². The van der Waals surface area contributed by atoms with Crippen molar-refractivity contribution in [1.82, 2.24) is 15.3 Å². The van der Waals surface area contributed by atoms with Crippen LogP contribution in [0.5, 0.6) is 0 Å². The van der Waals surface area contributed by atoms with E-state index in [1.165, 1.54) is 0 Å². The molecular formula is C16H19N3O2. The molecule has 1 atom stereocenters. The molecule has 110 valence electrons. The third-order valence-corrected chi connectivity index (χ3v) is 3.17. The van der Waals surface area contributed by atoms with E-state index in [2.05, 4.69) is 15.3 Å². The van der Waals surface area contributed by atoms with E-state index in [1.54, 1.807) is 12.4 Å². The van der Waals surface area contributed by atoms with E-state index in [0.29, 0.717) is 18.8 Å². The van der Waals surface area contributed by atoms with Crippen molar-refractivity contribution in [3.8, 4) is 11.4 Å². The summed E-state index contributed by atoms with van der Waals surface area (Å²) >= 11 is 0. The monoisotopic (exact) mass is 285 g/mol. The lowest BCUT2D eigenvalue weighted by Crippen LogP contribution is -2.36. The third kappa shape index (κ3) is 4.36. The molecule has 0 radical (unpaired) electrons. The lowest BCUT2D eigenvalue weighted by atomic mass is 10.1. The molecule has 0 bridgehead atoms. The Morgan fingerprint density at radius 3 is 2.48 bits per heavy atom. The first-order chi connectivity index (χ1) is 10.2. The van der Waals surface area contributed by atoms with Gasteiger partial charge in [0.25, 0.3) is 0 Å². The quantitative estimate of drug-likeness (QED) is 0.817. The minimum atomic E-state index is -0.821. The van der Waals surface area contributed by atoms with E-state index in [0.717, 1.165) is 17.5 Å². The van der Waals surface area contributed by atoms with Crippen molar-refractivity contribution >= 4 is 5.97 Å². The summed E-state index contributed by atoms with van der Waals surface area (Å²) in [6.07, 6.45) is 4.89. The topological polar surface area (TPSA) is 75.1 Å². The summed E-state index contributed by atoms with van der Waals surface area (Å²) in [7, 11) is 0. The Morgan fingerprint density at radius 2 is 1.90 bits per heavy atom. The largest absolute Gasteiger partial charge is 0.480 e. The Balaban J connectivity index is 1.98. The summed E-state index contributed by atoms with van der Waals surface area (Å²) < 4.78 is 0. The zero-order chi connectivity index (χ0) is 15.1. The Hall–Kier alpha value is -2.27. The molecule has 0 aliphatic rings. The number of nitrogens with zero attached hydrogens (tertiary/aromatic N) is 2. The Labute approximate surface area is 124 Å². The number of carboxylic acid groups (broad SMARTS) is 1. The first-order valence-electron chi connectivity index (χ1n) is 7.03. The van der Waals surface area contributed by atoms with Crippen molar-refractivity contribution in [2.75, 3.05) is 0 Å². The zero-order valence-corrected chi connectivity index (χ0v) is 12.0. The molecule has 5 nitrogen and oxygen atoms in total. The summed E-state index contributed by atoms with van der Waals surface area (Å²) in [6.45, 7) is 2.42. The van der Waals surface area contributed by atoms with Gasteiger partial charge in [-0.1, -0.05) is 43.7 Å². The number of nitrogens with one attached hydrogen (secondary N) is 1. The van der Waals surface area contributed by atoms with E-state index < -0.39 is 12.0 Å². The maximum Gasteiger partial charge on any atom is 0.320 e. The van der Waals surface area contributed by atoms with Gasteiger partial charge in [-0.05, 0) is 6.42 Å². The predicted octanol–water partition coefficient (Wildman–Crippen LogP) is 2.49. The molecule has 5 heteroatoms. The minimum Gasteiger partial charge on any atom is -0.480 e. The van der Waals surface area contributed by atoms with Gasteiger partial charge >= 0.3 is 5.97 Å². The molecule has 0 saturated carbocycles. The van der Waals surface area contributed by atoms with Crippen LogP contribution in [0.3, 0.4) is 0 Å². The van der Waals surface area contributed by atoms with Crippen LogP contribution in [0.2, 0.25) is 0 Å². The number of aromatic nitrogens is 2. The maximum atomic E-state index is 11.1. The van der Waals surface area contributed by atoms with Crippen molar-refractivity contribution < 1.29 is 9.90 Å². The molecule has 0 aliphatic heterocycles. The van der Waals surface area contributed by atoms with Gasteiger partial charge in [0.1, 0.15) is 6.04 Å². The molecule has 2 rings (SSSR count). The van der Waals surface area contributed by atoms with Gasteiger partial charge in [-0.3, -0.25) is 4.79 Å². The highest BCUT2D eigenvalue weighted by atomic mass is 16.4. The van der Waals surface area contributed by atoms with Crippen molar-refractivity contribution in [2.45, 2.75) is 32.4 Å². The van der Waals surface area contributed by atoms with Gasteiger partial charge in [0, 0.05) is 30.1 Å². The first-order valence-corrected chi connectivity index (χ1v) is 7.03. The molecular weight excluding hydrogens is 266 g/mol. The number of hydrogen-bond donors (Lipinski definition) is 2. The van der Waals surface area contributed by atoms with E-state index in [9.17, 15) is 4.79 Å². The fourth-order valence-corrected chi connectivity index (χ4v) is 2.02. The molecule has 2 N–H and O–H groups in total. The molecule has 1 unspecified atom stereocenters. The second-order valence-electron chi connectivity index (χ2n) is 4.84. The predicted molar refractivity (Wildman–Crippen MR) is 80.6 cm³/mol. The SMILES string of the molecule is CCCC(NCc1cnc(-c2ccccc2)nc1)C(=O)O. The number of aliphatic carboxylic acids is 1. The normalized spacial score (nSPS) is 12.0. The molecule has 0 aliphatic carbocycles. The molecule has 1 heterocycles. The van der Waals surface area contributed by atoms with Crippen LogP contribution in [0, 0.1) is 0 Å². The number of carbonyl (C=O) groups is 1. The van der Waals surface area contributed by atoms with Gasteiger partial charge in [-0.2, -0.15) is 0 Å². The third-order valence-electron chi connectivity index (χ3n) is 3.17. The Morgan fingerprint density at radius 1 is 1.24 bits per heavy atom. The van der Waals surface area contributed by atoms with E-state index in [1.807, 2.05) is 37.3 Å². The van der Waals surface area contributed by atoms with Crippen molar-refractivity contribution in [2.24, 2.45) is 0 Å². The second kappa shape index (κ2) is 7.50. The number of benzene rings is 1. The van der Waals surface area contributed by atoms with Crippen LogP contribution in [0.15, 0.2) is 42.7 Å². The Bertz CT molecular complexity index is 570. The molecule has 0 saturated heterocycles. The summed E-state index contributed by atoms with van der Waals surface area (Å²) in [5.74, 6) is -0.152. The van der Waals surface area contributed by atoms with Crippen molar-refractivity contribution in [3.05, 3.63) is 48.3 Å². The van der Waals surface area contributed by atoms with Crippen LogP contribution in [0.25, 0.3) is 11.4 Å². The molecule has 0 fully saturated rings. The number of hydrogen-bond acceptors (Lipinski definition) is 4. The van der Waals surface area contributed by atoms with Gasteiger partial charge in [-0.25, -0.2) is 9.97 Å². The summed E-state index contributed by atoms with van der Waals surface area (Å²) in [5, 5.41) is 12.1. The lowest BCUT2D eigenvalue weighted by molar-refractivity contribution is -0.139. The maximum absolute atomic E-state index is 11.1. The smallest absolute Gasteiger partial charge is 0.320 e. The fourth-order valence-electron chi connectivity index (χ4n) is 2.02. The highest BCUT2D eigenvalue weighted by Gasteiger charge is 2.15. The summed E-state index contributed by atoms with van der Waals surface area (Å²) in [4.78, 5) is 19.7. The van der Waals surface area contributed by atoms with Gasteiger partial charge in [-0.15, -0.1) is 0 Å². The molecule has 0 spiro atoms. The van der Waals surface area contributed by atoms with Crippen LogP contribution in [0.4, 0.5) is 0 Å². The van der Waals surface area contributed by atoms with Crippen molar-refractivity contribution in [1.29, 1.82) is 0 Å². The molecule has 1 aromatic heterocycles. The van der Waals surface area contributed by atoms with Gasteiger partial charge in [0.05, 0.1) is 0 Å². The molecule has 0 amide bonds. The molecule has 1 aromatic carbocycles. The highest BCUT2D eigenvalue weighted by Crippen LogP contribution is 2.13. The minimum absolute atomic E-state index is 0.450. The molecule has 21 heavy (non-hydrogen) atoms. The fraction of sp³-hybridized carbons (Fsp3) is 0.312. The van der Waals surface area contributed by atoms with Gasteiger partial charge in [0.2, 0.25) is 0 Å². The number of carboxylic acids is 1. The van der Waals surface area contributed by atoms with Gasteiger partial charge < -0.3 is 10.4 Å². The zero-order valence-electron chi connectivity index (χ0n) is 12.0. The highest BCUT2D eigenvalue weighted by molar-refractivity contribution is 5.73. The van der Waals surface area contributed by atoms with Gasteiger partial charge in [0.15, 0.2) is 5.82 Å². The average molecular weight is 285 g/mol. The second-order valence-corrected chi connectivity index (χ2v) is 4.84. The Kier molecular flexibility index (Phi) is 5.40. The van der Waals surface area contributed by atoms with Crippen LogP contribution >= 0.6 is 0 Å². The van der Waals surface area contributed by atoms with Crippen LogP contribution < -0.4 is 5.32 Å². The summed E-state index contributed by atoms with van der Waals surface area (Å²) in [6, 6.07) is 9.21. The van der Waals surface area contributed by atoms with Crippen LogP contribution in [-0.2, 0) is 11.3 Å². The van der Waals surface area contributed by atoms with Crippen LogP contribution in [0.1, 0.15) is 25.3 Å². The van der Waals surface area contributed by atoms with E-state index in [4.69, 9.17) is 5.11 Å². The lowest BCUT2D eigenvalue weighted by Gasteiger charge is -2.13. The van der Waals surface area contributed by atoms with Crippen LogP contribution in [-0.4, -0.2) is 27.1 Å². The summed E-state index contributed by atoms with van der Waals surface area (Å²) in [5.41, 5.74) is 1.84. The molecule has 2 aromatic rings. The standard InChI is InChI=1S/C16H19N3O2/c1-2-6-14(16(20)21)17-9-12-10-18-15(19-11-12)13-7-4-3-5-8-13/h3-5,7-8,10-11,14,17H,2,6,9H2,1H3,(H,20,21). The van der Waals surface area contributed by atoms with E-state index >= 15 is 0 Å².